The number of nitrogens with one attached hydrogen (secondary N) is 1. The molecule has 0 aliphatic rings. The van der Waals surface area contributed by atoms with Crippen molar-refractivity contribution in [2.45, 2.75) is 22.3 Å². The normalized spacial score (nSPS) is 11.4. The molecule has 8 heteroatoms. The van der Waals surface area contributed by atoms with Crippen LogP contribution >= 0.6 is 35.8 Å². The number of benzene rings is 2. The molecule has 1 atom stereocenters. The smallest absolute Gasteiger partial charge is 0.227 e. The van der Waals surface area contributed by atoms with Crippen molar-refractivity contribution in [3.8, 4) is 5.75 Å². The standard InChI is InChI=1S/C18H21ClN2O3S.ClH/c1-23-13-4-6-15(7-5-13)25-17-8-3-12(9-16(17)19)21-18(22)10-14(11-20)24-2;/h3-9,14H,10-11,20H2,1-2H3,(H,21,22);1H. The van der Waals surface area contributed by atoms with Crippen LogP contribution in [-0.2, 0) is 9.53 Å². The summed E-state index contributed by atoms with van der Waals surface area (Å²) in [6.07, 6.45) is -0.0900. The molecule has 2 rings (SSSR count). The second-order valence-electron chi connectivity index (χ2n) is 5.27. The highest BCUT2D eigenvalue weighted by atomic mass is 35.5. The highest BCUT2D eigenvalue weighted by Gasteiger charge is 2.12. The third-order valence-electron chi connectivity index (χ3n) is 3.51. The maximum atomic E-state index is 12.0. The van der Waals surface area contributed by atoms with Gasteiger partial charge in [0, 0.05) is 29.1 Å². The lowest BCUT2D eigenvalue weighted by Crippen LogP contribution is -2.28. The summed E-state index contributed by atoms with van der Waals surface area (Å²) in [7, 11) is 3.17. The maximum Gasteiger partial charge on any atom is 0.227 e. The molecule has 2 aromatic rings. The van der Waals surface area contributed by atoms with Crippen LogP contribution < -0.4 is 15.8 Å². The van der Waals surface area contributed by atoms with Gasteiger partial charge in [-0.15, -0.1) is 12.4 Å². The Balaban J connectivity index is 0.00000338. The van der Waals surface area contributed by atoms with Gasteiger partial charge < -0.3 is 20.5 Å². The van der Waals surface area contributed by atoms with E-state index in [1.165, 1.54) is 7.11 Å². The van der Waals surface area contributed by atoms with Crippen LogP contribution in [0, 0.1) is 0 Å². The van der Waals surface area contributed by atoms with Crippen LogP contribution in [0.4, 0.5) is 5.69 Å². The molecule has 0 aliphatic carbocycles. The average molecular weight is 417 g/mol. The van der Waals surface area contributed by atoms with Crippen LogP contribution in [0.15, 0.2) is 52.3 Å². The lowest BCUT2D eigenvalue weighted by atomic mass is 10.2. The first-order chi connectivity index (χ1) is 12.0. The summed E-state index contributed by atoms with van der Waals surface area (Å²) in [5.41, 5.74) is 6.16. The molecule has 0 saturated heterocycles. The number of rotatable bonds is 8. The number of nitrogens with two attached hydrogens (primary N) is 1. The lowest BCUT2D eigenvalue weighted by molar-refractivity contribution is -0.118. The van der Waals surface area contributed by atoms with Gasteiger partial charge in [-0.1, -0.05) is 23.4 Å². The molecule has 26 heavy (non-hydrogen) atoms. The van der Waals surface area contributed by atoms with Gasteiger partial charge in [0.25, 0.3) is 0 Å². The Morgan fingerprint density at radius 2 is 1.92 bits per heavy atom. The molecule has 1 unspecified atom stereocenters. The Morgan fingerprint density at radius 1 is 1.23 bits per heavy atom. The molecule has 5 nitrogen and oxygen atoms in total. The third-order valence-corrected chi connectivity index (χ3v) is 5.02. The quantitative estimate of drug-likeness (QED) is 0.673. The second kappa shape index (κ2) is 11.3. The van der Waals surface area contributed by atoms with E-state index in [4.69, 9.17) is 26.8 Å². The van der Waals surface area contributed by atoms with E-state index >= 15 is 0 Å². The topological polar surface area (TPSA) is 73.6 Å². The molecule has 0 heterocycles. The molecule has 1 amide bonds. The van der Waals surface area contributed by atoms with Crippen molar-refractivity contribution in [2.24, 2.45) is 5.73 Å². The van der Waals surface area contributed by atoms with Crippen LogP contribution in [0.1, 0.15) is 6.42 Å². The van der Waals surface area contributed by atoms with Crippen molar-refractivity contribution in [3.05, 3.63) is 47.5 Å². The number of methoxy groups -OCH3 is 2. The second-order valence-corrected chi connectivity index (χ2v) is 6.79. The molecule has 0 fully saturated rings. The molecular formula is C18H22Cl2N2O3S. The SMILES string of the molecule is COc1ccc(Sc2ccc(NC(=O)CC(CN)OC)cc2Cl)cc1.Cl. The summed E-state index contributed by atoms with van der Waals surface area (Å²) in [6, 6.07) is 13.2. The molecule has 0 aromatic heterocycles. The van der Waals surface area contributed by atoms with E-state index in [1.807, 2.05) is 36.4 Å². The number of hydrogen-bond acceptors (Lipinski definition) is 5. The highest BCUT2D eigenvalue weighted by Crippen LogP contribution is 2.35. The molecule has 2 aromatic carbocycles. The first-order valence-electron chi connectivity index (χ1n) is 7.70. The molecule has 0 bridgehead atoms. The number of carbonyl (C=O) groups excluding carboxylic acids is 1. The monoisotopic (exact) mass is 416 g/mol. The molecule has 0 aliphatic heterocycles. The third kappa shape index (κ3) is 6.70. The van der Waals surface area contributed by atoms with Gasteiger partial charge in [0.2, 0.25) is 5.91 Å². The van der Waals surface area contributed by atoms with E-state index in [9.17, 15) is 4.79 Å². The maximum absolute atomic E-state index is 12.0. The van der Waals surface area contributed by atoms with Crippen LogP contribution in [0.2, 0.25) is 5.02 Å². The number of amides is 1. The van der Waals surface area contributed by atoms with E-state index < -0.39 is 0 Å². The van der Waals surface area contributed by atoms with Gasteiger partial charge in [-0.2, -0.15) is 0 Å². The number of ether oxygens (including phenoxy) is 2. The van der Waals surface area contributed by atoms with Crippen molar-refractivity contribution in [1.29, 1.82) is 0 Å². The fourth-order valence-corrected chi connectivity index (χ4v) is 3.23. The first kappa shape index (κ1) is 22.6. The average Bonchev–Trinajstić information content (AvgIpc) is 2.62. The summed E-state index contributed by atoms with van der Waals surface area (Å²) >= 11 is 7.88. The summed E-state index contributed by atoms with van der Waals surface area (Å²) in [5, 5.41) is 3.37. The molecular weight excluding hydrogens is 395 g/mol. The van der Waals surface area contributed by atoms with Crippen molar-refractivity contribution in [1.82, 2.24) is 0 Å². The van der Waals surface area contributed by atoms with E-state index in [0.29, 0.717) is 17.3 Å². The van der Waals surface area contributed by atoms with Gasteiger partial charge in [-0.3, -0.25) is 4.79 Å². The Labute approximate surface area is 169 Å². The van der Waals surface area contributed by atoms with Crippen molar-refractivity contribution in [2.75, 3.05) is 26.1 Å². The van der Waals surface area contributed by atoms with Crippen molar-refractivity contribution < 1.29 is 14.3 Å². The summed E-state index contributed by atoms with van der Waals surface area (Å²) in [5.74, 6) is 0.643. The molecule has 0 spiro atoms. The van der Waals surface area contributed by atoms with E-state index in [-0.39, 0.29) is 30.8 Å². The predicted octanol–water partition coefficient (Wildman–Crippen LogP) is 4.22. The Bertz CT molecular complexity index is 710. The van der Waals surface area contributed by atoms with Gasteiger partial charge in [0.15, 0.2) is 0 Å². The van der Waals surface area contributed by atoms with Gasteiger partial charge in [0.05, 0.1) is 24.7 Å². The van der Waals surface area contributed by atoms with Gasteiger partial charge >= 0.3 is 0 Å². The van der Waals surface area contributed by atoms with Crippen LogP contribution in [-0.4, -0.2) is 32.8 Å². The summed E-state index contributed by atoms with van der Waals surface area (Å²) in [6.45, 7) is 0.294. The zero-order valence-electron chi connectivity index (χ0n) is 14.5. The molecule has 3 N–H and O–H groups in total. The minimum absolute atomic E-state index is 0. The molecule has 142 valence electrons. The van der Waals surface area contributed by atoms with Crippen molar-refractivity contribution >= 4 is 47.4 Å². The highest BCUT2D eigenvalue weighted by molar-refractivity contribution is 7.99. The van der Waals surface area contributed by atoms with E-state index in [0.717, 1.165) is 15.5 Å². The van der Waals surface area contributed by atoms with E-state index in [2.05, 4.69) is 5.32 Å². The van der Waals surface area contributed by atoms with Crippen LogP contribution in [0.25, 0.3) is 0 Å². The Kier molecular flexibility index (Phi) is 9.83. The van der Waals surface area contributed by atoms with E-state index in [1.54, 1.807) is 24.9 Å². The number of anilines is 1. The fraction of sp³-hybridized carbons (Fsp3) is 0.278. The minimum Gasteiger partial charge on any atom is -0.497 e. The van der Waals surface area contributed by atoms with Gasteiger partial charge in [0.1, 0.15) is 5.75 Å². The van der Waals surface area contributed by atoms with Gasteiger partial charge in [-0.05, 0) is 42.5 Å². The largest absolute Gasteiger partial charge is 0.497 e. The number of hydrogen-bond donors (Lipinski definition) is 2. The summed E-state index contributed by atoms with van der Waals surface area (Å²) in [4.78, 5) is 13.9. The van der Waals surface area contributed by atoms with Crippen LogP contribution in [0.5, 0.6) is 5.75 Å². The lowest BCUT2D eigenvalue weighted by Gasteiger charge is -2.13. The Morgan fingerprint density at radius 3 is 2.46 bits per heavy atom. The van der Waals surface area contributed by atoms with Crippen LogP contribution in [0.3, 0.4) is 0 Å². The Hall–Kier alpha value is -1.44. The minimum atomic E-state index is -0.291. The number of carbonyl (C=O) groups is 1. The summed E-state index contributed by atoms with van der Waals surface area (Å²) < 4.78 is 10.3. The van der Waals surface area contributed by atoms with Gasteiger partial charge in [-0.25, -0.2) is 0 Å². The van der Waals surface area contributed by atoms with Crippen molar-refractivity contribution in [3.63, 3.8) is 0 Å². The molecule has 0 saturated carbocycles. The zero-order chi connectivity index (χ0) is 18.2. The number of halogens is 2. The zero-order valence-corrected chi connectivity index (χ0v) is 16.9. The molecule has 0 radical (unpaired) electrons. The first-order valence-corrected chi connectivity index (χ1v) is 8.89. The fourth-order valence-electron chi connectivity index (χ4n) is 2.11. The predicted molar refractivity (Wildman–Crippen MR) is 109 cm³/mol.